The van der Waals surface area contributed by atoms with E-state index in [1.165, 1.54) is 18.3 Å². The van der Waals surface area contributed by atoms with Crippen molar-refractivity contribution >= 4 is 11.3 Å². The number of thiophene rings is 1. The molecule has 0 saturated carbocycles. The summed E-state index contributed by atoms with van der Waals surface area (Å²) < 4.78 is 0. The second-order valence-electron chi connectivity index (χ2n) is 3.27. The molecule has 2 aromatic rings. The molecular formula is C10H10N2O2S. The van der Waals surface area contributed by atoms with Gasteiger partial charge in [-0.2, -0.15) is 4.98 Å². The summed E-state index contributed by atoms with van der Waals surface area (Å²) in [7, 11) is 0. The van der Waals surface area contributed by atoms with Crippen LogP contribution in [0.3, 0.4) is 0 Å². The van der Waals surface area contributed by atoms with Crippen molar-refractivity contribution < 1.29 is 5.11 Å². The molecule has 2 aromatic heterocycles. The van der Waals surface area contributed by atoms with Gasteiger partial charge < -0.3 is 10.1 Å². The first-order valence-electron chi connectivity index (χ1n) is 4.44. The number of aromatic amines is 1. The monoisotopic (exact) mass is 222 g/mol. The van der Waals surface area contributed by atoms with Crippen molar-refractivity contribution in [1.29, 1.82) is 0 Å². The summed E-state index contributed by atoms with van der Waals surface area (Å²) in [6.45, 7) is 3.50. The summed E-state index contributed by atoms with van der Waals surface area (Å²) in [5.74, 6) is 0.209. The second-order valence-corrected chi connectivity index (χ2v) is 4.56. The Labute approximate surface area is 90.3 Å². The van der Waals surface area contributed by atoms with Crippen LogP contribution < -0.4 is 5.56 Å². The van der Waals surface area contributed by atoms with Gasteiger partial charge in [0.05, 0.1) is 10.4 Å². The maximum atomic E-state index is 11.4. The molecule has 0 aliphatic heterocycles. The minimum atomic E-state index is -0.302. The van der Waals surface area contributed by atoms with E-state index in [4.69, 9.17) is 0 Å². The molecule has 0 bridgehead atoms. The number of aromatic hydroxyl groups is 1. The van der Waals surface area contributed by atoms with E-state index in [0.29, 0.717) is 5.82 Å². The van der Waals surface area contributed by atoms with E-state index in [0.717, 1.165) is 9.75 Å². The molecular weight excluding hydrogens is 212 g/mol. The molecule has 0 amide bonds. The molecule has 0 fully saturated rings. The predicted molar refractivity (Wildman–Crippen MR) is 59.3 cm³/mol. The highest BCUT2D eigenvalue weighted by Gasteiger charge is 2.08. The van der Waals surface area contributed by atoms with Crippen LogP contribution in [-0.4, -0.2) is 15.1 Å². The van der Waals surface area contributed by atoms with Crippen LogP contribution in [0.1, 0.15) is 10.4 Å². The number of nitrogens with zero attached hydrogens (tertiary/aromatic N) is 1. The van der Waals surface area contributed by atoms with E-state index in [9.17, 15) is 9.90 Å². The summed E-state index contributed by atoms with van der Waals surface area (Å²) >= 11 is 1.52. The zero-order valence-corrected chi connectivity index (χ0v) is 9.18. The largest absolute Gasteiger partial charge is 0.493 e. The Morgan fingerprint density at radius 2 is 2.13 bits per heavy atom. The molecule has 0 saturated heterocycles. The zero-order chi connectivity index (χ0) is 11.0. The molecule has 2 N–H and O–H groups in total. The number of aryl methyl sites for hydroxylation is 1. The first-order valence-corrected chi connectivity index (χ1v) is 5.26. The third-order valence-electron chi connectivity index (χ3n) is 2.10. The van der Waals surface area contributed by atoms with Crippen LogP contribution in [-0.2, 0) is 0 Å². The lowest BCUT2D eigenvalue weighted by molar-refractivity contribution is 0.447. The fraction of sp³-hybridized carbons (Fsp3) is 0.200. The van der Waals surface area contributed by atoms with Gasteiger partial charge in [0.2, 0.25) is 5.88 Å². The number of hydrogen-bond donors (Lipinski definition) is 2. The van der Waals surface area contributed by atoms with Crippen LogP contribution in [0.15, 0.2) is 16.9 Å². The van der Waals surface area contributed by atoms with E-state index < -0.39 is 0 Å². The summed E-state index contributed by atoms with van der Waals surface area (Å²) in [6, 6.07) is 3.81. The predicted octanol–water partition coefficient (Wildman–Crippen LogP) is 1.82. The maximum Gasteiger partial charge on any atom is 0.257 e. The first-order chi connectivity index (χ1) is 7.08. The molecule has 2 heterocycles. The number of H-pyrrole nitrogens is 1. The van der Waals surface area contributed by atoms with Crippen LogP contribution in [0.25, 0.3) is 10.7 Å². The second kappa shape index (κ2) is 3.51. The minimum absolute atomic E-state index is 0.209. The average Bonchev–Trinajstić information content (AvgIpc) is 2.60. The highest BCUT2D eigenvalue weighted by atomic mass is 32.1. The van der Waals surface area contributed by atoms with Gasteiger partial charge in [0.25, 0.3) is 5.56 Å². The summed E-state index contributed by atoms with van der Waals surface area (Å²) in [6.07, 6.45) is 0. The van der Waals surface area contributed by atoms with Crippen molar-refractivity contribution in [2.75, 3.05) is 0 Å². The average molecular weight is 222 g/mol. The molecule has 0 aliphatic carbocycles. The normalized spacial score (nSPS) is 10.5. The molecule has 0 atom stereocenters. The van der Waals surface area contributed by atoms with Gasteiger partial charge in [-0.05, 0) is 26.0 Å². The Hall–Kier alpha value is -1.62. The quantitative estimate of drug-likeness (QED) is 0.773. The molecule has 78 valence electrons. The Bertz CT molecular complexity index is 557. The molecule has 0 radical (unpaired) electrons. The van der Waals surface area contributed by atoms with Crippen molar-refractivity contribution in [3.63, 3.8) is 0 Å². The van der Waals surface area contributed by atoms with Gasteiger partial charge in [-0.3, -0.25) is 4.79 Å². The van der Waals surface area contributed by atoms with Gasteiger partial charge in [0.1, 0.15) is 0 Å². The standard InChI is InChI=1S/C10H10N2O2S/c1-5-3-4-7(15-5)8-11-9(13)6(2)10(14)12-8/h3-4H,1-2H3,(H2,11,12,13,14). The summed E-state index contributed by atoms with van der Waals surface area (Å²) in [5, 5.41) is 9.42. The fourth-order valence-electron chi connectivity index (χ4n) is 1.20. The van der Waals surface area contributed by atoms with Crippen LogP contribution in [0, 0.1) is 13.8 Å². The van der Waals surface area contributed by atoms with Gasteiger partial charge in [0, 0.05) is 4.88 Å². The van der Waals surface area contributed by atoms with E-state index >= 15 is 0 Å². The minimum Gasteiger partial charge on any atom is -0.493 e. The third kappa shape index (κ3) is 1.78. The highest BCUT2D eigenvalue weighted by Crippen LogP contribution is 2.25. The van der Waals surface area contributed by atoms with Gasteiger partial charge in [-0.25, -0.2) is 0 Å². The van der Waals surface area contributed by atoms with E-state index in [-0.39, 0.29) is 17.0 Å². The van der Waals surface area contributed by atoms with E-state index in [2.05, 4.69) is 9.97 Å². The van der Waals surface area contributed by atoms with Crippen LogP contribution in [0.2, 0.25) is 0 Å². The number of hydrogen-bond acceptors (Lipinski definition) is 4. The van der Waals surface area contributed by atoms with Gasteiger partial charge in [-0.15, -0.1) is 11.3 Å². The molecule has 5 heteroatoms. The van der Waals surface area contributed by atoms with Crippen molar-refractivity contribution in [1.82, 2.24) is 9.97 Å². The molecule has 15 heavy (non-hydrogen) atoms. The Balaban J connectivity index is 2.60. The van der Waals surface area contributed by atoms with Gasteiger partial charge in [0.15, 0.2) is 5.82 Å². The fourth-order valence-corrected chi connectivity index (χ4v) is 2.01. The number of rotatable bonds is 1. The lowest BCUT2D eigenvalue weighted by Crippen LogP contribution is -2.11. The molecule has 0 aliphatic rings. The van der Waals surface area contributed by atoms with Crippen LogP contribution in [0.5, 0.6) is 5.88 Å². The van der Waals surface area contributed by atoms with Crippen molar-refractivity contribution in [2.24, 2.45) is 0 Å². The van der Waals surface area contributed by atoms with Gasteiger partial charge in [-0.1, -0.05) is 0 Å². The molecule has 0 aromatic carbocycles. The van der Waals surface area contributed by atoms with E-state index in [1.807, 2.05) is 19.1 Å². The third-order valence-corrected chi connectivity index (χ3v) is 3.11. The molecule has 0 spiro atoms. The topological polar surface area (TPSA) is 66.0 Å². The SMILES string of the molecule is Cc1ccc(-c2nc(O)c(C)c(=O)[nH]2)s1. The lowest BCUT2D eigenvalue weighted by Gasteiger charge is -1.99. The molecule has 0 unspecified atom stereocenters. The zero-order valence-electron chi connectivity index (χ0n) is 8.37. The Kier molecular flexibility index (Phi) is 2.32. The maximum absolute atomic E-state index is 11.4. The van der Waals surface area contributed by atoms with Crippen molar-refractivity contribution in [3.05, 3.63) is 32.9 Å². The van der Waals surface area contributed by atoms with Crippen LogP contribution >= 0.6 is 11.3 Å². The smallest absolute Gasteiger partial charge is 0.257 e. The van der Waals surface area contributed by atoms with Crippen molar-refractivity contribution in [2.45, 2.75) is 13.8 Å². The lowest BCUT2D eigenvalue weighted by atomic mass is 10.3. The van der Waals surface area contributed by atoms with Gasteiger partial charge >= 0.3 is 0 Å². The Morgan fingerprint density at radius 1 is 1.40 bits per heavy atom. The number of nitrogens with one attached hydrogen (secondary N) is 1. The van der Waals surface area contributed by atoms with E-state index in [1.54, 1.807) is 0 Å². The Morgan fingerprint density at radius 3 is 2.67 bits per heavy atom. The summed E-state index contributed by atoms with van der Waals surface area (Å²) in [4.78, 5) is 19.9. The molecule has 4 nitrogen and oxygen atoms in total. The number of aromatic nitrogens is 2. The highest BCUT2D eigenvalue weighted by molar-refractivity contribution is 7.15. The molecule has 2 rings (SSSR count). The van der Waals surface area contributed by atoms with Crippen molar-refractivity contribution in [3.8, 4) is 16.6 Å². The first kappa shape index (κ1) is 9.92. The summed E-state index contributed by atoms with van der Waals surface area (Å²) in [5.41, 5.74) is -0.0596. The van der Waals surface area contributed by atoms with Crippen LogP contribution in [0.4, 0.5) is 0 Å².